The Morgan fingerprint density at radius 2 is 1.76 bits per heavy atom. The lowest BCUT2D eigenvalue weighted by Gasteiger charge is -2.33. The normalized spacial score (nSPS) is 21.2. The van der Waals surface area contributed by atoms with Crippen LogP contribution in [-0.4, -0.2) is 48.4 Å². The third-order valence-corrected chi connectivity index (χ3v) is 7.03. The molecule has 0 radical (unpaired) electrons. The lowest BCUT2D eigenvalue weighted by molar-refractivity contribution is -0.136. The second-order valence-electron chi connectivity index (χ2n) is 9.26. The van der Waals surface area contributed by atoms with E-state index < -0.39 is 11.9 Å². The Balaban J connectivity index is 1.20. The Morgan fingerprint density at radius 3 is 2.48 bits per heavy atom. The highest BCUT2D eigenvalue weighted by molar-refractivity contribution is 6.05. The van der Waals surface area contributed by atoms with Crippen LogP contribution in [0, 0.1) is 12.8 Å². The number of piperidine rings is 2. The molecule has 3 aliphatic rings. The fourth-order valence-electron chi connectivity index (χ4n) is 5.01. The topological polar surface area (TPSA) is 79.0 Å². The summed E-state index contributed by atoms with van der Waals surface area (Å²) in [6.45, 7) is 5.07. The van der Waals surface area contributed by atoms with Crippen LogP contribution in [0.3, 0.4) is 0 Å². The first-order chi connectivity index (χ1) is 16.0. The average Bonchev–Trinajstić information content (AvgIpc) is 3.15. The zero-order valence-electron chi connectivity index (χ0n) is 18.9. The number of anilines is 1. The monoisotopic (exact) mass is 447 g/mol. The molecule has 3 heterocycles. The maximum atomic E-state index is 13.0. The molecule has 0 spiro atoms. The summed E-state index contributed by atoms with van der Waals surface area (Å²) in [4.78, 5) is 40.7. The first kappa shape index (κ1) is 21.5. The summed E-state index contributed by atoms with van der Waals surface area (Å²) in [7, 11) is 0. The molecule has 0 aromatic heterocycles. The van der Waals surface area contributed by atoms with Gasteiger partial charge in [-0.25, -0.2) is 0 Å². The highest BCUT2D eigenvalue weighted by atomic mass is 16.5. The van der Waals surface area contributed by atoms with E-state index in [9.17, 15) is 14.4 Å². The van der Waals surface area contributed by atoms with Gasteiger partial charge in [0.15, 0.2) is 0 Å². The van der Waals surface area contributed by atoms with Gasteiger partial charge in [-0.2, -0.15) is 0 Å². The van der Waals surface area contributed by atoms with Crippen LogP contribution in [-0.2, 0) is 16.1 Å². The molecule has 3 amide bonds. The van der Waals surface area contributed by atoms with Gasteiger partial charge >= 0.3 is 0 Å². The number of rotatable bonds is 5. The van der Waals surface area contributed by atoms with Gasteiger partial charge in [-0.15, -0.1) is 0 Å². The summed E-state index contributed by atoms with van der Waals surface area (Å²) in [5.74, 6) is 0.340. The molecular weight excluding hydrogens is 418 g/mol. The molecule has 33 heavy (non-hydrogen) atoms. The largest absolute Gasteiger partial charge is 0.493 e. The number of nitrogens with one attached hydrogen (secondary N) is 1. The van der Waals surface area contributed by atoms with Crippen LogP contribution in [0.5, 0.6) is 5.75 Å². The zero-order chi connectivity index (χ0) is 22.9. The van der Waals surface area contributed by atoms with E-state index in [2.05, 4.69) is 41.4 Å². The van der Waals surface area contributed by atoms with Crippen LogP contribution in [0.15, 0.2) is 42.5 Å². The predicted molar refractivity (Wildman–Crippen MR) is 124 cm³/mol. The number of hydrogen-bond donors (Lipinski definition) is 1. The molecule has 2 fully saturated rings. The smallest absolute Gasteiger partial charge is 0.255 e. The fourth-order valence-corrected chi connectivity index (χ4v) is 5.01. The summed E-state index contributed by atoms with van der Waals surface area (Å²) in [6.07, 6.45) is 2.73. The second-order valence-corrected chi connectivity index (χ2v) is 9.26. The number of amides is 3. The maximum absolute atomic E-state index is 13.0. The molecule has 2 aromatic carbocycles. The minimum atomic E-state index is -0.610. The Hall–Kier alpha value is -3.35. The third kappa shape index (κ3) is 4.32. The van der Waals surface area contributed by atoms with Crippen molar-refractivity contribution in [2.75, 3.05) is 24.6 Å². The molecule has 2 saturated heterocycles. The van der Waals surface area contributed by atoms with Gasteiger partial charge in [0.2, 0.25) is 11.8 Å². The van der Waals surface area contributed by atoms with Crippen molar-refractivity contribution in [2.45, 2.75) is 45.2 Å². The predicted octanol–water partition coefficient (Wildman–Crippen LogP) is 3.05. The van der Waals surface area contributed by atoms with Gasteiger partial charge in [-0.3, -0.25) is 19.7 Å². The number of nitrogens with zero attached hydrogens (tertiary/aromatic N) is 2. The Bertz CT molecular complexity index is 1070. The van der Waals surface area contributed by atoms with E-state index in [1.54, 1.807) is 11.0 Å². The van der Waals surface area contributed by atoms with Crippen molar-refractivity contribution in [2.24, 2.45) is 5.92 Å². The van der Waals surface area contributed by atoms with E-state index in [-0.39, 0.29) is 18.2 Å². The molecule has 1 unspecified atom stereocenters. The molecule has 1 N–H and O–H groups in total. The number of ether oxygens (including phenoxy) is 1. The quantitative estimate of drug-likeness (QED) is 0.713. The lowest BCUT2D eigenvalue weighted by Crippen LogP contribution is -2.52. The SMILES string of the molecule is Cc1ccc(N2CCC(COc3cccc4c3CN(C3CCC(=O)NC3=O)C4=O)CC2)cc1. The number of aryl methyl sites for hydroxylation is 1. The number of hydrogen-bond acceptors (Lipinski definition) is 5. The van der Waals surface area contributed by atoms with Gasteiger partial charge in [0.25, 0.3) is 5.91 Å². The highest BCUT2D eigenvalue weighted by Crippen LogP contribution is 2.34. The minimum Gasteiger partial charge on any atom is -0.493 e. The van der Waals surface area contributed by atoms with Gasteiger partial charge < -0.3 is 14.5 Å². The molecule has 2 aromatic rings. The molecule has 1 atom stereocenters. The first-order valence-electron chi connectivity index (χ1n) is 11.7. The summed E-state index contributed by atoms with van der Waals surface area (Å²) in [5.41, 5.74) is 3.97. The van der Waals surface area contributed by atoms with E-state index in [0.29, 0.717) is 31.1 Å². The summed E-state index contributed by atoms with van der Waals surface area (Å²) >= 11 is 0. The van der Waals surface area contributed by atoms with Gasteiger partial charge in [0, 0.05) is 36.3 Å². The minimum absolute atomic E-state index is 0.170. The summed E-state index contributed by atoms with van der Waals surface area (Å²) in [6, 6.07) is 13.6. The summed E-state index contributed by atoms with van der Waals surface area (Å²) < 4.78 is 6.22. The van der Waals surface area contributed by atoms with Crippen LogP contribution in [0.2, 0.25) is 0 Å². The van der Waals surface area contributed by atoms with Gasteiger partial charge in [-0.05, 0) is 56.4 Å². The van der Waals surface area contributed by atoms with Gasteiger partial charge in [0.1, 0.15) is 11.8 Å². The van der Waals surface area contributed by atoms with Crippen LogP contribution in [0.4, 0.5) is 5.69 Å². The number of imide groups is 1. The Kier molecular flexibility index (Phi) is 5.79. The first-order valence-corrected chi connectivity index (χ1v) is 11.7. The van der Waals surface area contributed by atoms with Crippen molar-refractivity contribution >= 4 is 23.4 Å². The van der Waals surface area contributed by atoms with E-state index in [1.165, 1.54) is 11.3 Å². The van der Waals surface area contributed by atoms with Crippen LogP contribution < -0.4 is 15.0 Å². The van der Waals surface area contributed by atoms with Crippen LogP contribution in [0.1, 0.15) is 47.2 Å². The van der Waals surface area contributed by atoms with Gasteiger partial charge in [0.05, 0.1) is 13.2 Å². The summed E-state index contributed by atoms with van der Waals surface area (Å²) in [5, 5.41) is 2.35. The third-order valence-electron chi connectivity index (χ3n) is 7.03. The van der Waals surface area contributed by atoms with Crippen molar-refractivity contribution < 1.29 is 19.1 Å². The van der Waals surface area contributed by atoms with E-state index in [0.717, 1.165) is 37.2 Å². The number of carbonyl (C=O) groups excluding carboxylic acids is 3. The van der Waals surface area contributed by atoms with Crippen molar-refractivity contribution in [1.82, 2.24) is 10.2 Å². The molecule has 5 rings (SSSR count). The zero-order valence-corrected chi connectivity index (χ0v) is 18.9. The standard InChI is InChI=1S/C26H29N3O4/c1-17-5-7-19(8-6-17)28-13-11-18(12-14-28)16-33-23-4-2-3-20-21(23)15-29(26(20)32)22-9-10-24(30)27-25(22)31/h2-8,18,22H,9-16H2,1H3,(H,27,30,31). The molecule has 0 bridgehead atoms. The van der Waals surface area contributed by atoms with Crippen molar-refractivity contribution in [3.63, 3.8) is 0 Å². The van der Waals surface area contributed by atoms with Crippen molar-refractivity contribution in [3.05, 3.63) is 59.2 Å². The molecule has 0 aliphatic carbocycles. The Morgan fingerprint density at radius 1 is 1.00 bits per heavy atom. The van der Waals surface area contributed by atoms with E-state index in [4.69, 9.17) is 4.74 Å². The van der Waals surface area contributed by atoms with Gasteiger partial charge in [-0.1, -0.05) is 23.8 Å². The Labute approximate surface area is 193 Å². The molecule has 7 heteroatoms. The molecule has 172 valence electrons. The molecular formula is C26H29N3O4. The molecule has 0 saturated carbocycles. The van der Waals surface area contributed by atoms with E-state index in [1.807, 2.05) is 12.1 Å². The highest BCUT2D eigenvalue weighted by Gasteiger charge is 2.40. The van der Waals surface area contributed by atoms with Crippen molar-refractivity contribution in [1.29, 1.82) is 0 Å². The maximum Gasteiger partial charge on any atom is 0.255 e. The lowest BCUT2D eigenvalue weighted by atomic mass is 9.97. The molecule has 7 nitrogen and oxygen atoms in total. The fraction of sp³-hybridized carbons (Fsp3) is 0.423. The second kappa shape index (κ2) is 8.89. The number of carbonyl (C=O) groups is 3. The van der Waals surface area contributed by atoms with E-state index >= 15 is 0 Å². The van der Waals surface area contributed by atoms with Crippen LogP contribution in [0.25, 0.3) is 0 Å². The number of fused-ring (bicyclic) bond motifs is 1. The average molecular weight is 448 g/mol. The van der Waals surface area contributed by atoms with Crippen LogP contribution >= 0.6 is 0 Å². The number of benzene rings is 2. The van der Waals surface area contributed by atoms with Crippen molar-refractivity contribution in [3.8, 4) is 5.75 Å². The molecule has 3 aliphatic heterocycles.